The van der Waals surface area contributed by atoms with Crippen molar-refractivity contribution in [1.82, 2.24) is 14.8 Å². The van der Waals surface area contributed by atoms with Gasteiger partial charge >= 0.3 is 6.03 Å². The molecule has 5 heteroatoms. The number of pyridine rings is 1. The van der Waals surface area contributed by atoms with Crippen LogP contribution in [0.15, 0.2) is 48.7 Å². The van der Waals surface area contributed by atoms with E-state index in [-0.39, 0.29) is 6.03 Å². The van der Waals surface area contributed by atoms with Crippen molar-refractivity contribution >= 4 is 11.7 Å². The lowest BCUT2D eigenvalue weighted by Crippen LogP contribution is -2.49. The Kier molecular flexibility index (Phi) is 4.88. The zero-order chi connectivity index (χ0) is 16.1. The molecule has 3 rings (SSSR count). The molecule has 0 radical (unpaired) electrons. The number of nitrogens with one attached hydrogen (secondary N) is 1. The van der Waals surface area contributed by atoms with E-state index in [4.69, 9.17) is 0 Å². The number of nitrogens with zero attached hydrogens (tertiary/aromatic N) is 3. The number of carbonyl (C=O) groups is 1. The van der Waals surface area contributed by atoms with Gasteiger partial charge in [0, 0.05) is 44.6 Å². The van der Waals surface area contributed by atoms with Gasteiger partial charge in [-0.2, -0.15) is 0 Å². The predicted molar refractivity (Wildman–Crippen MR) is 91.3 cm³/mol. The Morgan fingerprint density at radius 1 is 1.09 bits per heavy atom. The van der Waals surface area contributed by atoms with Crippen LogP contribution in [-0.2, 0) is 6.54 Å². The van der Waals surface area contributed by atoms with Crippen molar-refractivity contribution in [2.75, 3.05) is 31.5 Å². The molecule has 1 aromatic carbocycles. The lowest BCUT2D eigenvalue weighted by molar-refractivity contribution is 0.142. The monoisotopic (exact) mass is 310 g/mol. The van der Waals surface area contributed by atoms with Gasteiger partial charge in [-0.25, -0.2) is 4.79 Å². The maximum Gasteiger partial charge on any atom is 0.321 e. The standard InChI is InChI=1S/C18H22N4O/c1-15-6-2-3-8-17(15)20-18(23)22-12-10-21(11-13-22)14-16-7-4-5-9-19-16/h2-9H,10-14H2,1H3,(H,20,23). The smallest absolute Gasteiger partial charge is 0.321 e. The van der Waals surface area contributed by atoms with E-state index in [1.807, 2.05) is 60.5 Å². The zero-order valence-corrected chi connectivity index (χ0v) is 13.4. The summed E-state index contributed by atoms with van der Waals surface area (Å²) >= 11 is 0. The Hall–Kier alpha value is -2.40. The van der Waals surface area contributed by atoms with Crippen LogP contribution in [0.2, 0.25) is 0 Å². The number of urea groups is 1. The molecule has 1 aliphatic rings. The van der Waals surface area contributed by atoms with E-state index in [9.17, 15) is 4.79 Å². The first-order valence-electron chi connectivity index (χ1n) is 7.96. The van der Waals surface area contributed by atoms with Crippen molar-refractivity contribution in [2.45, 2.75) is 13.5 Å². The zero-order valence-electron chi connectivity index (χ0n) is 13.4. The van der Waals surface area contributed by atoms with Crippen LogP contribution in [0, 0.1) is 6.92 Å². The lowest BCUT2D eigenvalue weighted by Gasteiger charge is -2.34. The van der Waals surface area contributed by atoms with E-state index in [1.54, 1.807) is 0 Å². The minimum atomic E-state index is -0.0169. The summed E-state index contributed by atoms with van der Waals surface area (Å²) < 4.78 is 0. The summed E-state index contributed by atoms with van der Waals surface area (Å²) in [7, 11) is 0. The highest BCUT2D eigenvalue weighted by molar-refractivity contribution is 5.90. The third-order valence-electron chi connectivity index (χ3n) is 4.16. The number of anilines is 1. The number of aromatic nitrogens is 1. The van der Waals surface area contributed by atoms with Gasteiger partial charge in [0.15, 0.2) is 0 Å². The van der Waals surface area contributed by atoms with Gasteiger partial charge in [0.2, 0.25) is 0 Å². The molecule has 0 spiro atoms. The maximum atomic E-state index is 12.4. The summed E-state index contributed by atoms with van der Waals surface area (Å²) in [5.41, 5.74) is 3.04. The summed E-state index contributed by atoms with van der Waals surface area (Å²) in [6, 6.07) is 13.8. The highest BCUT2D eigenvalue weighted by atomic mass is 16.2. The fraction of sp³-hybridized carbons (Fsp3) is 0.333. The number of benzene rings is 1. The topological polar surface area (TPSA) is 48.5 Å². The molecule has 0 unspecified atom stereocenters. The highest BCUT2D eigenvalue weighted by Gasteiger charge is 2.21. The van der Waals surface area contributed by atoms with Crippen LogP contribution in [0.3, 0.4) is 0 Å². The van der Waals surface area contributed by atoms with Gasteiger partial charge in [-0.15, -0.1) is 0 Å². The number of amides is 2. The summed E-state index contributed by atoms with van der Waals surface area (Å²) in [5, 5.41) is 3.00. The van der Waals surface area contributed by atoms with Crippen molar-refractivity contribution in [3.8, 4) is 0 Å². The van der Waals surface area contributed by atoms with Gasteiger partial charge < -0.3 is 10.2 Å². The average Bonchev–Trinajstić information content (AvgIpc) is 2.58. The van der Waals surface area contributed by atoms with Gasteiger partial charge in [0.1, 0.15) is 0 Å². The lowest BCUT2D eigenvalue weighted by atomic mass is 10.2. The molecule has 23 heavy (non-hydrogen) atoms. The van der Waals surface area contributed by atoms with Crippen LogP contribution in [-0.4, -0.2) is 47.0 Å². The molecule has 1 aliphatic heterocycles. The molecular weight excluding hydrogens is 288 g/mol. The number of rotatable bonds is 3. The number of piperazine rings is 1. The number of hydrogen-bond donors (Lipinski definition) is 1. The molecule has 2 aromatic rings. The SMILES string of the molecule is Cc1ccccc1NC(=O)N1CCN(Cc2ccccn2)CC1. The largest absolute Gasteiger partial charge is 0.322 e. The van der Waals surface area contributed by atoms with Gasteiger partial charge in [-0.1, -0.05) is 24.3 Å². The van der Waals surface area contributed by atoms with E-state index >= 15 is 0 Å². The third kappa shape index (κ3) is 4.07. The molecule has 1 aromatic heterocycles. The molecule has 2 heterocycles. The van der Waals surface area contributed by atoms with Gasteiger partial charge in [-0.3, -0.25) is 9.88 Å². The first kappa shape index (κ1) is 15.5. The Balaban J connectivity index is 1.50. The first-order chi connectivity index (χ1) is 11.2. The molecule has 0 bridgehead atoms. The Morgan fingerprint density at radius 3 is 2.52 bits per heavy atom. The summed E-state index contributed by atoms with van der Waals surface area (Å²) in [6.45, 7) is 6.07. The van der Waals surface area contributed by atoms with Crippen LogP contribution in [0.25, 0.3) is 0 Å². The molecule has 5 nitrogen and oxygen atoms in total. The third-order valence-corrected chi connectivity index (χ3v) is 4.16. The number of para-hydroxylation sites is 1. The second kappa shape index (κ2) is 7.24. The quantitative estimate of drug-likeness (QED) is 0.948. The number of hydrogen-bond acceptors (Lipinski definition) is 3. The Bertz CT molecular complexity index is 651. The fourth-order valence-electron chi connectivity index (χ4n) is 2.74. The van der Waals surface area contributed by atoms with Crippen molar-refractivity contribution in [1.29, 1.82) is 0 Å². The van der Waals surface area contributed by atoms with Crippen LogP contribution in [0.5, 0.6) is 0 Å². The Morgan fingerprint density at radius 2 is 1.83 bits per heavy atom. The fourth-order valence-corrected chi connectivity index (χ4v) is 2.74. The van der Waals surface area contributed by atoms with E-state index in [2.05, 4.69) is 15.2 Å². The molecule has 1 fully saturated rings. The minimum Gasteiger partial charge on any atom is -0.322 e. The van der Waals surface area contributed by atoms with Crippen LogP contribution in [0.1, 0.15) is 11.3 Å². The van der Waals surface area contributed by atoms with Crippen molar-refractivity contribution in [3.63, 3.8) is 0 Å². The number of carbonyl (C=O) groups excluding carboxylic acids is 1. The van der Waals surface area contributed by atoms with E-state index in [0.29, 0.717) is 0 Å². The van der Waals surface area contributed by atoms with Crippen LogP contribution < -0.4 is 5.32 Å². The predicted octanol–water partition coefficient (Wildman–Crippen LogP) is 2.74. The average molecular weight is 310 g/mol. The minimum absolute atomic E-state index is 0.0169. The first-order valence-corrected chi connectivity index (χ1v) is 7.96. The van der Waals surface area contributed by atoms with Crippen molar-refractivity contribution in [2.24, 2.45) is 0 Å². The molecule has 0 atom stereocenters. The second-order valence-electron chi connectivity index (χ2n) is 5.83. The van der Waals surface area contributed by atoms with Crippen molar-refractivity contribution in [3.05, 3.63) is 59.9 Å². The summed E-state index contributed by atoms with van der Waals surface area (Å²) in [4.78, 5) is 20.9. The highest BCUT2D eigenvalue weighted by Crippen LogP contribution is 2.15. The van der Waals surface area contributed by atoms with Gasteiger partial charge in [-0.05, 0) is 30.7 Å². The number of aryl methyl sites for hydroxylation is 1. The molecule has 0 aliphatic carbocycles. The van der Waals surface area contributed by atoms with Gasteiger partial charge in [0.25, 0.3) is 0 Å². The molecule has 1 saturated heterocycles. The van der Waals surface area contributed by atoms with Crippen LogP contribution >= 0.6 is 0 Å². The van der Waals surface area contributed by atoms with Crippen molar-refractivity contribution < 1.29 is 4.79 Å². The molecule has 120 valence electrons. The molecule has 0 saturated carbocycles. The van der Waals surface area contributed by atoms with Crippen LogP contribution in [0.4, 0.5) is 10.5 Å². The summed E-state index contributed by atoms with van der Waals surface area (Å²) in [6.07, 6.45) is 1.82. The normalized spacial score (nSPS) is 15.4. The Labute approximate surface area is 136 Å². The maximum absolute atomic E-state index is 12.4. The summed E-state index contributed by atoms with van der Waals surface area (Å²) in [5.74, 6) is 0. The van der Waals surface area contributed by atoms with E-state index in [1.165, 1.54) is 0 Å². The van der Waals surface area contributed by atoms with E-state index in [0.717, 1.165) is 49.7 Å². The second-order valence-corrected chi connectivity index (χ2v) is 5.83. The molecule has 1 N–H and O–H groups in total. The van der Waals surface area contributed by atoms with E-state index < -0.39 is 0 Å². The molecule has 2 amide bonds. The molecular formula is C18H22N4O. The van der Waals surface area contributed by atoms with Gasteiger partial charge in [0.05, 0.1) is 5.69 Å².